The molecule has 3 aromatic heterocycles. The first-order valence-corrected chi connectivity index (χ1v) is 9.74. The summed E-state index contributed by atoms with van der Waals surface area (Å²) < 4.78 is 7.21. The average Bonchev–Trinajstić information content (AvgIpc) is 3.36. The van der Waals surface area contributed by atoms with Crippen LogP contribution >= 0.6 is 11.6 Å². The molecule has 29 heavy (non-hydrogen) atoms. The highest BCUT2D eigenvalue weighted by molar-refractivity contribution is 6.30. The summed E-state index contributed by atoms with van der Waals surface area (Å²) >= 11 is 5.94. The molecule has 1 aliphatic rings. The van der Waals surface area contributed by atoms with Crippen LogP contribution in [-0.2, 0) is 13.6 Å². The molecule has 9 nitrogen and oxygen atoms in total. The van der Waals surface area contributed by atoms with Gasteiger partial charge in [0.2, 0.25) is 11.7 Å². The van der Waals surface area contributed by atoms with Gasteiger partial charge in [-0.25, -0.2) is 9.97 Å². The number of fused-ring (bicyclic) bond motifs is 1. The minimum Gasteiger partial charge on any atom is -0.353 e. The SMILES string of the molecule is Cn1ncc2c(N3CCN(Cc4nc(-c5ccc(Cl)cc5)no4)CC3)ncnc21. The third-order valence-corrected chi connectivity index (χ3v) is 5.36. The lowest BCUT2D eigenvalue weighted by Gasteiger charge is -2.34. The molecule has 1 fully saturated rings. The topological polar surface area (TPSA) is 89.0 Å². The van der Waals surface area contributed by atoms with Crippen LogP contribution in [0.3, 0.4) is 0 Å². The molecule has 1 saturated heterocycles. The van der Waals surface area contributed by atoms with Crippen LogP contribution in [0.4, 0.5) is 5.82 Å². The summed E-state index contributed by atoms with van der Waals surface area (Å²) in [6.07, 6.45) is 3.43. The van der Waals surface area contributed by atoms with Gasteiger partial charge in [-0.05, 0) is 24.3 Å². The number of anilines is 1. The fraction of sp³-hybridized carbons (Fsp3) is 0.316. The van der Waals surface area contributed by atoms with Crippen LogP contribution in [0.2, 0.25) is 5.02 Å². The molecule has 4 aromatic rings. The van der Waals surface area contributed by atoms with Crippen molar-refractivity contribution in [3.05, 3.63) is 47.7 Å². The molecular weight excluding hydrogens is 392 g/mol. The molecular formula is C19H19ClN8O. The Morgan fingerprint density at radius 1 is 1.07 bits per heavy atom. The van der Waals surface area contributed by atoms with Crippen molar-refractivity contribution in [2.75, 3.05) is 31.1 Å². The van der Waals surface area contributed by atoms with Crippen molar-refractivity contribution in [1.29, 1.82) is 0 Å². The van der Waals surface area contributed by atoms with Crippen molar-refractivity contribution in [3.63, 3.8) is 0 Å². The normalized spacial score (nSPS) is 15.3. The van der Waals surface area contributed by atoms with E-state index in [1.54, 1.807) is 11.0 Å². The van der Waals surface area contributed by atoms with E-state index in [9.17, 15) is 0 Å². The highest BCUT2D eigenvalue weighted by Gasteiger charge is 2.22. The zero-order chi connectivity index (χ0) is 19.8. The molecule has 0 amide bonds. The number of hydrogen-bond donors (Lipinski definition) is 0. The fourth-order valence-electron chi connectivity index (χ4n) is 3.55. The van der Waals surface area contributed by atoms with Crippen molar-refractivity contribution in [2.45, 2.75) is 6.54 Å². The summed E-state index contributed by atoms with van der Waals surface area (Å²) in [4.78, 5) is 17.9. The third kappa shape index (κ3) is 3.54. The summed E-state index contributed by atoms with van der Waals surface area (Å²) in [7, 11) is 1.89. The van der Waals surface area contributed by atoms with Crippen LogP contribution in [0.5, 0.6) is 0 Å². The van der Waals surface area contributed by atoms with Crippen molar-refractivity contribution >= 4 is 28.5 Å². The molecule has 0 unspecified atom stereocenters. The molecule has 0 N–H and O–H groups in total. The second-order valence-electron chi connectivity index (χ2n) is 6.98. The molecule has 148 valence electrons. The quantitative estimate of drug-likeness (QED) is 0.506. The molecule has 0 aliphatic carbocycles. The molecule has 5 rings (SSSR count). The van der Waals surface area contributed by atoms with E-state index in [1.807, 2.05) is 37.5 Å². The fourth-order valence-corrected chi connectivity index (χ4v) is 3.67. The lowest BCUT2D eigenvalue weighted by molar-refractivity contribution is 0.215. The van der Waals surface area contributed by atoms with Gasteiger partial charge in [0.05, 0.1) is 18.1 Å². The van der Waals surface area contributed by atoms with E-state index in [4.69, 9.17) is 16.1 Å². The van der Waals surface area contributed by atoms with Crippen LogP contribution in [0.1, 0.15) is 5.89 Å². The summed E-state index contributed by atoms with van der Waals surface area (Å²) in [5, 5.41) is 10.0. The van der Waals surface area contributed by atoms with Crippen molar-refractivity contribution in [1.82, 2.24) is 34.8 Å². The lowest BCUT2D eigenvalue weighted by Crippen LogP contribution is -2.46. The zero-order valence-corrected chi connectivity index (χ0v) is 16.6. The second-order valence-corrected chi connectivity index (χ2v) is 7.42. The Labute approximate surface area is 171 Å². The van der Waals surface area contributed by atoms with Crippen molar-refractivity contribution in [3.8, 4) is 11.4 Å². The summed E-state index contributed by atoms with van der Waals surface area (Å²) in [6, 6.07) is 7.41. The molecule has 1 aromatic carbocycles. The smallest absolute Gasteiger partial charge is 0.241 e. The van der Waals surface area contributed by atoms with Gasteiger partial charge in [0.1, 0.15) is 12.1 Å². The van der Waals surface area contributed by atoms with Crippen LogP contribution in [0, 0.1) is 0 Å². The molecule has 4 heterocycles. The number of halogens is 1. The van der Waals surface area contributed by atoms with E-state index in [0.717, 1.165) is 48.6 Å². The molecule has 0 atom stereocenters. The Bertz CT molecular complexity index is 1130. The maximum atomic E-state index is 5.94. The van der Waals surface area contributed by atoms with E-state index in [-0.39, 0.29) is 0 Å². The number of aryl methyl sites for hydroxylation is 1. The van der Waals surface area contributed by atoms with E-state index in [2.05, 4.69) is 35.0 Å². The number of nitrogens with zero attached hydrogens (tertiary/aromatic N) is 8. The molecule has 0 spiro atoms. The number of piperazine rings is 1. The molecule has 0 saturated carbocycles. The van der Waals surface area contributed by atoms with E-state index in [0.29, 0.717) is 23.3 Å². The Kier molecular flexibility index (Phi) is 4.61. The van der Waals surface area contributed by atoms with E-state index >= 15 is 0 Å². The molecule has 0 radical (unpaired) electrons. The van der Waals surface area contributed by atoms with Crippen LogP contribution in [-0.4, -0.2) is 61.0 Å². The van der Waals surface area contributed by atoms with Gasteiger partial charge in [-0.2, -0.15) is 10.1 Å². The lowest BCUT2D eigenvalue weighted by atomic mass is 10.2. The Morgan fingerprint density at radius 2 is 1.86 bits per heavy atom. The highest BCUT2D eigenvalue weighted by Crippen LogP contribution is 2.24. The van der Waals surface area contributed by atoms with Gasteiger partial charge in [0.15, 0.2) is 5.65 Å². The predicted octanol–water partition coefficient (Wildman–Crippen LogP) is 2.39. The maximum Gasteiger partial charge on any atom is 0.241 e. The first-order valence-electron chi connectivity index (χ1n) is 9.36. The Balaban J connectivity index is 1.24. The van der Waals surface area contributed by atoms with E-state index in [1.165, 1.54) is 0 Å². The predicted molar refractivity (Wildman–Crippen MR) is 109 cm³/mol. The van der Waals surface area contributed by atoms with Crippen molar-refractivity contribution in [2.24, 2.45) is 7.05 Å². The highest BCUT2D eigenvalue weighted by atomic mass is 35.5. The van der Waals surface area contributed by atoms with Gasteiger partial charge in [-0.3, -0.25) is 9.58 Å². The van der Waals surface area contributed by atoms with Crippen molar-refractivity contribution < 1.29 is 4.52 Å². The number of rotatable bonds is 4. The van der Waals surface area contributed by atoms with Gasteiger partial charge in [-0.1, -0.05) is 16.8 Å². The third-order valence-electron chi connectivity index (χ3n) is 5.11. The molecule has 1 aliphatic heterocycles. The molecule has 0 bridgehead atoms. The van der Waals surface area contributed by atoms with Gasteiger partial charge in [-0.15, -0.1) is 0 Å². The minimum atomic E-state index is 0.579. The van der Waals surface area contributed by atoms with Crippen LogP contribution in [0.25, 0.3) is 22.4 Å². The average molecular weight is 411 g/mol. The van der Waals surface area contributed by atoms with Gasteiger partial charge in [0.25, 0.3) is 0 Å². The standard InChI is InChI=1S/C19H19ClN8O/c1-26-18-15(10-23-26)19(22-12-21-18)28-8-6-27(7-9-28)11-16-24-17(25-29-16)13-2-4-14(20)5-3-13/h2-5,10,12H,6-9,11H2,1H3. The van der Waals surface area contributed by atoms with Gasteiger partial charge < -0.3 is 9.42 Å². The Hall–Kier alpha value is -3.04. The first kappa shape index (κ1) is 18.0. The summed E-state index contributed by atoms with van der Waals surface area (Å²) in [5.74, 6) is 2.13. The second kappa shape index (κ2) is 7.41. The van der Waals surface area contributed by atoms with Gasteiger partial charge >= 0.3 is 0 Å². The summed E-state index contributed by atoms with van der Waals surface area (Å²) in [6.45, 7) is 4.10. The number of benzene rings is 1. The number of aromatic nitrogens is 6. The van der Waals surface area contributed by atoms with Crippen LogP contribution in [0.15, 0.2) is 41.3 Å². The first-order chi connectivity index (χ1) is 14.2. The van der Waals surface area contributed by atoms with Crippen LogP contribution < -0.4 is 4.90 Å². The zero-order valence-electron chi connectivity index (χ0n) is 15.9. The summed E-state index contributed by atoms with van der Waals surface area (Å²) in [5.41, 5.74) is 1.73. The Morgan fingerprint density at radius 3 is 2.66 bits per heavy atom. The monoisotopic (exact) mass is 410 g/mol. The molecule has 10 heteroatoms. The maximum absolute atomic E-state index is 5.94. The van der Waals surface area contributed by atoms with Gasteiger partial charge in [0, 0.05) is 43.8 Å². The number of hydrogen-bond acceptors (Lipinski definition) is 8. The van der Waals surface area contributed by atoms with E-state index < -0.39 is 0 Å². The minimum absolute atomic E-state index is 0.579. The largest absolute Gasteiger partial charge is 0.353 e.